The van der Waals surface area contributed by atoms with Crippen LogP contribution in [0, 0.1) is 0 Å². The average Bonchev–Trinajstić information content (AvgIpc) is 2.14. The summed E-state index contributed by atoms with van der Waals surface area (Å²) in [7, 11) is 0. The maximum atomic E-state index is 8.85. The molecule has 15 heavy (non-hydrogen) atoms. The molecule has 0 amide bonds. The predicted molar refractivity (Wildman–Crippen MR) is 65.1 cm³/mol. The summed E-state index contributed by atoms with van der Waals surface area (Å²) in [6.45, 7) is 6.91. The van der Waals surface area contributed by atoms with Crippen LogP contribution in [-0.4, -0.2) is 10.2 Å². The first-order valence-electron chi connectivity index (χ1n) is 5.86. The Balaban J connectivity index is 2.99. The van der Waals surface area contributed by atoms with Crippen molar-refractivity contribution in [3.63, 3.8) is 0 Å². The van der Waals surface area contributed by atoms with Gasteiger partial charge in [0.15, 0.2) is 0 Å². The van der Waals surface area contributed by atoms with Crippen LogP contribution in [0.3, 0.4) is 0 Å². The van der Waals surface area contributed by atoms with Gasteiger partial charge in [-0.25, -0.2) is 0 Å². The van der Waals surface area contributed by atoms with E-state index in [1.165, 1.54) is 32.1 Å². The van der Waals surface area contributed by atoms with E-state index in [1.54, 1.807) is 0 Å². The highest BCUT2D eigenvalue weighted by atomic mass is 16.3. The van der Waals surface area contributed by atoms with Crippen molar-refractivity contribution in [2.45, 2.75) is 57.8 Å². The lowest BCUT2D eigenvalue weighted by Gasteiger charge is -2.01. The molecule has 0 aliphatic heterocycles. The van der Waals surface area contributed by atoms with Gasteiger partial charge in [0.25, 0.3) is 0 Å². The van der Waals surface area contributed by atoms with E-state index in [2.05, 4.69) is 13.2 Å². The highest BCUT2D eigenvalue weighted by Gasteiger charge is 1.94. The minimum Gasteiger partial charge on any atom is -0.513 e. The summed E-state index contributed by atoms with van der Waals surface area (Å²) in [4.78, 5) is 0. The van der Waals surface area contributed by atoms with Crippen molar-refractivity contribution in [2.75, 3.05) is 0 Å². The zero-order valence-corrected chi connectivity index (χ0v) is 9.67. The summed E-state index contributed by atoms with van der Waals surface area (Å²) >= 11 is 0. The summed E-state index contributed by atoms with van der Waals surface area (Å²) in [5.41, 5.74) is 0. The van der Waals surface area contributed by atoms with E-state index in [9.17, 15) is 0 Å². The average molecular weight is 212 g/mol. The molecule has 2 heteroatoms. The van der Waals surface area contributed by atoms with Crippen LogP contribution in [0.15, 0.2) is 24.7 Å². The quantitative estimate of drug-likeness (QED) is 0.409. The van der Waals surface area contributed by atoms with Gasteiger partial charge in [0.1, 0.15) is 0 Å². The number of rotatable bonds is 10. The third-order valence-electron chi connectivity index (χ3n) is 2.43. The van der Waals surface area contributed by atoms with E-state index in [-0.39, 0.29) is 0 Å². The lowest BCUT2D eigenvalue weighted by Crippen LogP contribution is -1.84. The first-order valence-corrected chi connectivity index (χ1v) is 5.86. The van der Waals surface area contributed by atoms with E-state index in [1.807, 2.05) is 0 Å². The second-order valence-corrected chi connectivity index (χ2v) is 4.11. The molecule has 0 spiro atoms. The molecule has 0 fully saturated rings. The minimum absolute atomic E-state index is 0.302. The van der Waals surface area contributed by atoms with E-state index in [0.29, 0.717) is 11.5 Å². The first-order chi connectivity index (χ1) is 7.13. The van der Waals surface area contributed by atoms with Crippen molar-refractivity contribution in [1.82, 2.24) is 0 Å². The lowest BCUT2D eigenvalue weighted by molar-refractivity contribution is 0.380. The van der Waals surface area contributed by atoms with Crippen LogP contribution < -0.4 is 0 Å². The van der Waals surface area contributed by atoms with Gasteiger partial charge in [0, 0.05) is 12.8 Å². The van der Waals surface area contributed by atoms with E-state index in [4.69, 9.17) is 10.2 Å². The van der Waals surface area contributed by atoms with Crippen LogP contribution in [0.25, 0.3) is 0 Å². The predicted octanol–water partition coefficient (Wildman–Crippen LogP) is 4.64. The van der Waals surface area contributed by atoms with Crippen LogP contribution in [0.4, 0.5) is 0 Å². The molecule has 88 valence electrons. The van der Waals surface area contributed by atoms with Crippen molar-refractivity contribution in [1.29, 1.82) is 0 Å². The van der Waals surface area contributed by atoms with Gasteiger partial charge in [0.05, 0.1) is 11.5 Å². The van der Waals surface area contributed by atoms with Gasteiger partial charge < -0.3 is 10.2 Å². The van der Waals surface area contributed by atoms with Gasteiger partial charge in [-0.3, -0.25) is 0 Å². The van der Waals surface area contributed by atoms with Crippen molar-refractivity contribution >= 4 is 0 Å². The Labute approximate surface area is 93.3 Å². The summed E-state index contributed by atoms with van der Waals surface area (Å²) in [5, 5.41) is 17.7. The lowest BCUT2D eigenvalue weighted by atomic mass is 10.1. The standard InChI is InChI=1S/C13H24O2/c1-12(14)10-8-6-4-3-5-7-9-11-13(2)15/h14-15H,1-11H2. The number of hydrogen-bond donors (Lipinski definition) is 2. The summed E-state index contributed by atoms with van der Waals surface area (Å²) < 4.78 is 0. The normalized spacial score (nSPS) is 10.1. The van der Waals surface area contributed by atoms with Crippen LogP contribution in [-0.2, 0) is 0 Å². The molecule has 0 aliphatic rings. The summed E-state index contributed by atoms with van der Waals surface area (Å²) in [6, 6.07) is 0. The number of allylic oxidation sites excluding steroid dienone is 2. The Hall–Kier alpha value is -0.920. The molecule has 0 saturated carbocycles. The smallest absolute Gasteiger partial charge is 0.0851 e. The molecule has 2 nitrogen and oxygen atoms in total. The van der Waals surface area contributed by atoms with Gasteiger partial charge in [-0.2, -0.15) is 0 Å². The molecule has 0 aromatic heterocycles. The van der Waals surface area contributed by atoms with Gasteiger partial charge >= 0.3 is 0 Å². The molecule has 0 radical (unpaired) electrons. The SMILES string of the molecule is C=C(O)CCCCCCCCCC(=C)O. The van der Waals surface area contributed by atoms with Gasteiger partial charge in [-0.1, -0.05) is 45.3 Å². The highest BCUT2D eigenvalue weighted by molar-refractivity contribution is 4.78. The van der Waals surface area contributed by atoms with E-state index >= 15 is 0 Å². The fourth-order valence-corrected chi connectivity index (χ4v) is 1.54. The van der Waals surface area contributed by atoms with Crippen LogP contribution in [0.2, 0.25) is 0 Å². The fraction of sp³-hybridized carbons (Fsp3) is 0.692. The van der Waals surface area contributed by atoms with Crippen molar-refractivity contribution in [3.8, 4) is 0 Å². The molecule has 2 N–H and O–H groups in total. The van der Waals surface area contributed by atoms with E-state index in [0.717, 1.165) is 25.7 Å². The van der Waals surface area contributed by atoms with E-state index < -0.39 is 0 Å². The van der Waals surface area contributed by atoms with Crippen molar-refractivity contribution < 1.29 is 10.2 Å². The molecule has 0 aromatic rings. The van der Waals surface area contributed by atoms with Crippen molar-refractivity contribution in [2.24, 2.45) is 0 Å². The maximum absolute atomic E-state index is 8.85. The zero-order valence-electron chi connectivity index (χ0n) is 9.67. The topological polar surface area (TPSA) is 40.5 Å². The molecular formula is C13H24O2. The molecule has 0 unspecified atom stereocenters. The zero-order chi connectivity index (χ0) is 11.5. The Morgan fingerprint density at radius 3 is 1.13 bits per heavy atom. The largest absolute Gasteiger partial charge is 0.513 e. The fourth-order valence-electron chi connectivity index (χ4n) is 1.54. The Kier molecular flexibility index (Phi) is 9.04. The summed E-state index contributed by atoms with van der Waals surface area (Å²) in [5.74, 6) is 0.605. The molecule has 0 atom stereocenters. The molecular weight excluding hydrogens is 188 g/mol. The molecule has 0 heterocycles. The number of aliphatic hydroxyl groups is 2. The number of unbranched alkanes of at least 4 members (excludes halogenated alkanes) is 6. The molecule has 0 aliphatic carbocycles. The number of hydrogen-bond acceptors (Lipinski definition) is 2. The van der Waals surface area contributed by atoms with Crippen LogP contribution in [0.1, 0.15) is 57.8 Å². The monoisotopic (exact) mass is 212 g/mol. The Morgan fingerprint density at radius 2 is 0.867 bits per heavy atom. The maximum Gasteiger partial charge on any atom is 0.0851 e. The Bertz CT molecular complexity index is 165. The van der Waals surface area contributed by atoms with Crippen LogP contribution >= 0.6 is 0 Å². The van der Waals surface area contributed by atoms with Crippen molar-refractivity contribution in [3.05, 3.63) is 24.7 Å². The second-order valence-electron chi connectivity index (χ2n) is 4.11. The van der Waals surface area contributed by atoms with Gasteiger partial charge in [-0.15, -0.1) is 0 Å². The molecule has 0 aromatic carbocycles. The summed E-state index contributed by atoms with van der Waals surface area (Å²) in [6.07, 6.45) is 9.62. The highest BCUT2D eigenvalue weighted by Crippen LogP contribution is 2.11. The van der Waals surface area contributed by atoms with Gasteiger partial charge in [-0.05, 0) is 12.8 Å². The third kappa shape index (κ3) is 13.1. The molecule has 0 rings (SSSR count). The first kappa shape index (κ1) is 14.1. The van der Waals surface area contributed by atoms with Crippen LogP contribution in [0.5, 0.6) is 0 Å². The second kappa shape index (κ2) is 9.63. The Morgan fingerprint density at radius 1 is 0.600 bits per heavy atom. The third-order valence-corrected chi connectivity index (χ3v) is 2.43. The molecule has 0 bridgehead atoms. The molecule has 0 saturated heterocycles. The minimum atomic E-state index is 0.302. The number of aliphatic hydroxyl groups excluding tert-OH is 2. The van der Waals surface area contributed by atoms with Gasteiger partial charge in [0.2, 0.25) is 0 Å².